The van der Waals surface area contributed by atoms with E-state index in [0.29, 0.717) is 18.0 Å². The lowest BCUT2D eigenvalue weighted by atomic mass is 10.1. The molecule has 1 heterocycles. The number of nitrogens with one attached hydrogen (secondary N) is 1. The number of hydrogen-bond acceptors (Lipinski definition) is 3. The summed E-state index contributed by atoms with van der Waals surface area (Å²) >= 11 is 3.53. The highest BCUT2D eigenvalue weighted by atomic mass is 79.9. The molecule has 1 N–H and O–H groups in total. The van der Waals surface area contributed by atoms with Crippen LogP contribution in [0.3, 0.4) is 0 Å². The van der Waals surface area contributed by atoms with Crippen molar-refractivity contribution in [3.05, 3.63) is 69.6 Å². The number of aryl methyl sites for hydroxylation is 1. The lowest BCUT2D eigenvalue weighted by Crippen LogP contribution is -2.23. The monoisotopic (exact) mass is 400 g/mol. The first-order valence-electron chi connectivity index (χ1n) is 7.89. The van der Waals surface area contributed by atoms with Crippen LogP contribution < -0.4 is 15.6 Å². The van der Waals surface area contributed by atoms with E-state index in [-0.39, 0.29) is 18.1 Å². The summed E-state index contributed by atoms with van der Waals surface area (Å²) in [5, 5.41) is 4.85. The molecular formula is C19H17BrN2O3. The molecule has 0 atom stereocenters. The van der Waals surface area contributed by atoms with Crippen molar-refractivity contribution >= 4 is 38.3 Å². The van der Waals surface area contributed by atoms with Crippen LogP contribution in [0.1, 0.15) is 6.92 Å². The van der Waals surface area contributed by atoms with Crippen molar-refractivity contribution < 1.29 is 9.53 Å². The molecule has 1 amide bonds. The molecule has 0 saturated carbocycles. The summed E-state index contributed by atoms with van der Waals surface area (Å²) in [7, 11) is 0. The number of carbonyl (C=O) groups excluding carboxylic acids is 1. The molecule has 0 fully saturated rings. The molecule has 1 aromatic heterocycles. The number of anilines is 1. The molecule has 6 heteroatoms. The van der Waals surface area contributed by atoms with Gasteiger partial charge in [0.15, 0.2) is 6.61 Å². The van der Waals surface area contributed by atoms with Gasteiger partial charge in [-0.1, -0.05) is 30.3 Å². The fourth-order valence-corrected chi connectivity index (χ4v) is 3.13. The predicted molar refractivity (Wildman–Crippen MR) is 102 cm³/mol. The third-order valence-electron chi connectivity index (χ3n) is 3.79. The number of halogens is 1. The average molecular weight is 401 g/mol. The molecule has 5 nitrogen and oxygen atoms in total. The van der Waals surface area contributed by atoms with Gasteiger partial charge in [-0.05, 0) is 45.8 Å². The van der Waals surface area contributed by atoms with Crippen LogP contribution in [-0.2, 0) is 11.3 Å². The summed E-state index contributed by atoms with van der Waals surface area (Å²) in [4.78, 5) is 23.7. The summed E-state index contributed by atoms with van der Waals surface area (Å²) in [6.45, 7) is 2.29. The first-order chi connectivity index (χ1) is 12.1. The highest BCUT2D eigenvalue weighted by Crippen LogP contribution is 2.32. The zero-order chi connectivity index (χ0) is 17.8. The maximum absolute atomic E-state index is 12.1. The van der Waals surface area contributed by atoms with Gasteiger partial charge in [0.1, 0.15) is 5.75 Å². The van der Waals surface area contributed by atoms with E-state index in [4.69, 9.17) is 4.74 Å². The zero-order valence-corrected chi connectivity index (χ0v) is 15.2. The Labute approximate surface area is 153 Å². The Balaban J connectivity index is 1.68. The fraction of sp³-hybridized carbons (Fsp3) is 0.158. The number of benzene rings is 2. The highest BCUT2D eigenvalue weighted by molar-refractivity contribution is 9.10. The molecule has 25 heavy (non-hydrogen) atoms. The van der Waals surface area contributed by atoms with Crippen LogP contribution in [0.5, 0.6) is 5.75 Å². The second-order valence-electron chi connectivity index (χ2n) is 5.48. The molecule has 0 spiro atoms. The Bertz CT molecular complexity index is 982. The Hall–Kier alpha value is -2.60. The van der Waals surface area contributed by atoms with Crippen LogP contribution in [0.15, 0.2) is 64.0 Å². The van der Waals surface area contributed by atoms with Crippen LogP contribution in [-0.4, -0.2) is 17.1 Å². The minimum atomic E-state index is -0.290. The third-order valence-corrected chi connectivity index (χ3v) is 4.61. The molecular weight excluding hydrogens is 384 g/mol. The number of nitrogens with zero attached hydrogens (tertiary/aromatic N) is 1. The molecule has 0 aliphatic carbocycles. The van der Waals surface area contributed by atoms with Gasteiger partial charge < -0.3 is 14.6 Å². The van der Waals surface area contributed by atoms with Crippen molar-refractivity contribution in [3.8, 4) is 5.75 Å². The van der Waals surface area contributed by atoms with E-state index in [1.54, 1.807) is 12.3 Å². The summed E-state index contributed by atoms with van der Waals surface area (Å²) < 4.78 is 7.97. The Morgan fingerprint density at radius 3 is 2.76 bits per heavy atom. The van der Waals surface area contributed by atoms with Gasteiger partial charge in [0.2, 0.25) is 0 Å². The van der Waals surface area contributed by atoms with Crippen molar-refractivity contribution in [3.63, 3.8) is 0 Å². The first-order valence-corrected chi connectivity index (χ1v) is 8.68. The largest absolute Gasteiger partial charge is 0.483 e. The number of carbonyl (C=O) groups is 1. The summed E-state index contributed by atoms with van der Waals surface area (Å²) in [5.74, 6) is 0.314. The Morgan fingerprint density at radius 2 is 1.96 bits per heavy atom. The molecule has 0 aliphatic rings. The van der Waals surface area contributed by atoms with Crippen molar-refractivity contribution in [1.82, 2.24) is 4.57 Å². The zero-order valence-electron chi connectivity index (χ0n) is 13.7. The number of pyridine rings is 1. The van der Waals surface area contributed by atoms with Crippen molar-refractivity contribution in [2.45, 2.75) is 13.5 Å². The predicted octanol–water partition coefficient (Wildman–Crippen LogP) is 3.80. The van der Waals surface area contributed by atoms with Crippen LogP contribution in [0.25, 0.3) is 10.8 Å². The van der Waals surface area contributed by atoms with Crippen LogP contribution in [0, 0.1) is 0 Å². The molecule has 0 saturated heterocycles. The number of aromatic nitrogens is 1. The van der Waals surface area contributed by atoms with Crippen LogP contribution in [0.2, 0.25) is 0 Å². The smallest absolute Gasteiger partial charge is 0.262 e. The van der Waals surface area contributed by atoms with Gasteiger partial charge in [-0.2, -0.15) is 0 Å². The van der Waals surface area contributed by atoms with E-state index in [9.17, 15) is 9.59 Å². The van der Waals surface area contributed by atoms with Crippen molar-refractivity contribution in [2.75, 3.05) is 11.9 Å². The van der Waals surface area contributed by atoms with Crippen molar-refractivity contribution in [2.24, 2.45) is 0 Å². The Morgan fingerprint density at radius 1 is 1.16 bits per heavy atom. The second kappa shape index (κ2) is 7.53. The number of hydrogen-bond donors (Lipinski definition) is 1. The quantitative estimate of drug-likeness (QED) is 0.708. The number of rotatable bonds is 5. The van der Waals surface area contributed by atoms with E-state index < -0.39 is 0 Å². The molecule has 3 aromatic rings. The van der Waals surface area contributed by atoms with E-state index in [1.165, 1.54) is 10.6 Å². The van der Waals surface area contributed by atoms with Crippen LogP contribution in [0.4, 0.5) is 5.69 Å². The molecule has 128 valence electrons. The standard InChI is InChI=1S/C19H17BrN2O3/c1-2-22-11-14(8-10-18(22)24)21-17(23)12-25-16-9-7-13-5-3-4-6-15(13)19(16)20/h3-11H,2,12H2,1H3,(H,21,23). The topological polar surface area (TPSA) is 60.3 Å². The minimum absolute atomic E-state index is 0.100. The van der Waals surface area contributed by atoms with Gasteiger partial charge in [0, 0.05) is 18.8 Å². The van der Waals surface area contributed by atoms with Gasteiger partial charge in [0.05, 0.1) is 10.2 Å². The second-order valence-corrected chi connectivity index (χ2v) is 6.27. The van der Waals surface area contributed by atoms with Gasteiger partial charge in [0.25, 0.3) is 11.5 Å². The van der Waals surface area contributed by atoms with E-state index in [1.807, 2.05) is 43.3 Å². The normalized spacial score (nSPS) is 10.6. The first kappa shape index (κ1) is 17.2. The molecule has 0 unspecified atom stereocenters. The van der Waals surface area contributed by atoms with Gasteiger partial charge >= 0.3 is 0 Å². The van der Waals surface area contributed by atoms with Gasteiger partial charge in [-0.25, -0.2) is 0 Å². The lowest BCUT2D eigenvalue weighted by molar-refractivity contribution is -0.118. The summed E-state index contributed by atoms with van der Waals surface area (Å²) in [6, 6.07) is 14.7. The molecule has 3 rings (SSSR count). The number of amides is 1. The SMILES string of the molecule is CCn1cc(NC(=O)COc2ccc3ccccc3c2Br)ccc1=O. The van der Waals surface area contributed by atoms with E-state index >= 15 is 0 Å². The molecule has 2 aromatic carbocycles. The van der Waals surface area contributed by atoms with E-state index in [2.05, 4.69) is 21.2 Å². The molecule has 0 aliphatic heterocycles. The molecule has 0 radical (unpaired) electrons. The van der Waals surface area contributed by atoms with Crippen molar-refractivity contribution in [1.29, 1.82) is 0 Å². The maximum Gasteiger partial charge on any atom is 0.262 e. The minimum Gasteiger partial charge on any atom is -0.483 e. The number of fused-ring (bicyclic) bond motifs is 1. The fourth-order valence-electron chi connectivity index (χ4n) is 2.52. The lowest BCUT2D eigenvalue weighted by Gasteiger charge is -2.11. The van der Waals surface area contributed by atoms with Gasteiger partial charge in [-0.3, -0.25) is 9.59 Å². The van der Waals surface area contributed by atoms with E-state index in [0.717, 1.165) is 15.2 Å². The molecule has 0 bridgehead atoms. The highest BCUT2D eigenvalue weighted by Gasteiger charge is 2.09. The summed E-state index contributed by atoms with van der Waals surface area (Å²) in [6.07, 6.45) is 1.62. The maximum atomic E-state index is 12.1. The third kappa shape index (κ3) is 3.91. The summed E-state index contributed by atoms with van der Waals surface area (Å²) in [5.41, 5.74) is 0.462. The average Bonchev–Trinajstić information content (AvgIpc) is 2.63. The van der Waals surface area contributed by atoms with Crippen LogP contribution >= 0.6 is 15.9 Å². The Kier molecular flexibility index (Phi) is 5.19. The van der Waals surface area contributed by atoms with Gasteiger partial charge in [-0.15, -0.1) is 0 Å². The number of ether oxygens (including phenoxy) is 1.